The predicted octanol–water partition coefficient (Wildman–Crippen LogP) is -3.01. The van der Waals surface area contributed by atoms with Crippen molar-refractivity contribution in [2.45, 2.75) is 31.0 Å². The van der Waals surface area contributed by atoms with Gasteiger partial charge in [0.05, 0.1) is 0 Å². The first-order valence-electron chi connectivity index (χ1n) is 4.70. The van der Waals surface area contributed by atoms with E-state index in [1.54, 1.807) is 0 Å². The Morgan fingerprint density at radius 3 is 2.47 bits per heavy atom. The van der Waals surface area contributed by atoms with Crippen LogP contribution in [0.5, 0.6) is 0 Å². The van der Waals surface area contributed by atoms with Gasteiger partial charge < -0.3 is 30.4 Å². The third kappa shape index (κ3) is 3.17. The standard InChI is InChI=1S/C8H12BNO7/c9-10(16)4(11)2-1-3-5(12)6(13)7(14)8(15)17-3/h1,5-8,12-16H,2H2/b3-1+/t5-,6?,7?,8+/m1/s1. The van der Waals surface area contributed by atoms with E-state index < -0.39 is 36.9 Å². The summed E-state index contributed by atoms with van der Waals surface area (Å²) in [5, 5.41) is 45.6. The number of nitrogens with zero attached hydrogens (tertiary/aromatic N) is 1. The third-order valence-corrected chi connectivity index (χ3v) is 2.25. The summed E-state index contributed by atoms with van der Waals surface area (Å²) in [6.07, 6.45) is -5.95. The highest BCUT2D eigenvalue weighted by molar-refractivity contribution is 6.12. The Morgan fingerprint density at radius 1 is 1.35 bits per heavy atom. The molecule has 94 valence electrons. The fraction of sp³-hybridized carbons (Fsp3) is 0.625. The van der Waals surface area contributed by atoms with Crippen LogP contribution in [0.4, 0.5) is 0 Å². The SMILES string of the molecule is [B]N(O)C(=O)C/C=C1/O[C@H](O)C(O)C(O)[C@@H]1O. The Hall–Kier alpha value is -1.13. The lowest BCUT2D eigenvalue weighted by Gasteiger charge is -2.34. The Labute approximate surface area is 97.7 Å². The normalized spacial score (nSPS) is 35.5. The summed E-state index contributed by atoms with van der Waals surface area (Å²) >= 11 is 0. The van der Waals surface area contributed by atoms with Gasteiger partial charge in [0.2, 0.25) is 12.2 Å². The Balaban J connectivity index is 2.70. The van der Waals surface area contributed by atoms with E-state index in [2.05, 4.69) is 4.74 Å². The minimum absolute atomic E-state index is 0.145. The van der Waals surface area contributed by atoms with E-state index in [-0.39, 0.29) is 10.7 Å². The summed E-state index contributed by atoms with van der Waals surface area (Å²) in [6, 6.07) is 0. The first-order chi connectivity index (χ1) is 7.84. The summed E-state index contributed by atoms with van der Waals surface area (Å²) in [7, 11) is 4.73. The topological polar surface area (TPSA) is 131 Å². The maximum Gasteiger partial charge on any atom is 0.275 e. The third-order valence-electron chi connectivity index (χ3n) is 2.25. The second kappa shape index (κ2) is 5.47. The van der Waals surface area contributed by atoms with Crippen molar-refractivity contribution in [2.24, 2.45) is 0 Å². The van der Waals surface area contributed by atoms with Crippen molar-refractivity contribution in [3.8, 4) is 0 Å². The van der Waals surface area contributed by atoms with E-state index >= 15 is 0 Å². The highest BCUT2D eigenvalue weighted by Crippen LogP contribution is 2.22. The molecule has 0 bridgehead atoms. The summed E-state index contributed by atoms with van der Waals surface area (Å²) in [6.45, 7) is 0. The van der Waals surface area contributed by atoms with Crippen molar-refractivity contribution in [1.29, 1.82) is 0 Å². The number of rotatable bonds is 2. The lowest BCUT2D eigenvalue weighted by Crippen LogP contribution is -2.51. The molecule has 1 aliphatic rings. The molecule has 1 rings (SSSR count). The smallest absolute Gasteiger partial charge is 0.275 e. The molecule has 2 radical (unpaired) electrons. The van der Waals surface area contributed by atoms with Gasteiger partial charge in [-0.25, -0.2) is 0 Å². The number of hydrogen-bond donors (Lipinski definition) is 5. The molecule has 9 heteroatoms. The zero-order chi connectivity index (χ0) is 13.2. The molecule has 8 nitrogen and oxygen atoms in total. The van der Waals surface area contributed by atoms with E-state index in [1.807, 2.05) is 0 Å². The number of hydroxylamine groups is 1. The minimum atomic E-state index is -1.71. The molecule has 0 aromatic rings. The highest BCUT2D eigenvalue weighted by atomic mass is 16.6. The number of ether oxygens (including phenoxy) is 1. The Morgan fingerprint density at radius 2 is 1.94 bits per heavy atom. The van der Waals surface area contributed by atoms with Gasteiger partial charge in [0.1, 0.15) is 24.1 Å². The van der Waals surface area contributed by atoms with E-state index in [9.17, 15) is 15.0 Å². The van der Waals surface area contributed by atoms with Gasteiger partial charge in [0, 0.05) is 6.42 Å². The molecule has 0 aromatic heterocycles. The predicted molar refractivity (Wildman–Crippen MR) is 52.2 cm³/mol. The summed E-state index contributed by atoms with van der Waals surface area (Å²) in [5.74, 6) is -1.17. The molecule has 0 aliphatic carbocycles. The van der Waals surface area contributed by atoms with E-state index in [0.29, 0.717) is 0 Å². The van der Waals surface area contributed by atoms with Crippen LogP contribution >= 0.6 is 0 Å². The first kappa shape index (κ1) is 13.9. The quantitative estimate of drug-likeness (QED) is 0.199. The average Bonchev–Trinajstić information content (AvgIpc) is 2.28. The molecule has 0 saturated carbocycles. The molecule has 1 fully saturated rings. The molecule has 0 spiro atoms. The summed E-state index contributed by atoms with van der Waals surface area (Å²) in [5.41, 5.74) is 0. The second-order valence-electron chi connectivity index (χ2n) is 3.48. The van der Waals surface area contributed by atoms with Gasteiger partial charge in [0.25, 0.3) is 7.98 Å². The molecule has 1 amide bonds. The minimum Gasteiger partial charge on any atom is -0.464 e. The van der Waals surface area contributed by atoms with E-state index in [4.69, 9.17) is 23.4 Å². The molecule has 17 heavy (non-hydrogen) atoms. The largest absolute Gasteiger partial charge is 0.464 e. The van der Waals surface area contributed by atoms with Crippen LogP contribution in [0.2, 0.25) is 0 Å². The summed E-state index contributed by atoms with van der Waals surface area (Å²) < 4.78 is 4.67. The average molecular weight is 245 g/mol. The molecule has 1 aliphatic heterocycles. The van der Waals surface area contributed by atoms with Gasteiger partial charge in [-0.15, -0.1) is 0 Å². The zero-order valence-corrected chi connectivity index (χ0v) is 8.67. The van der Waals surface area contributed by atoms with Crippen LogP contribution in [0.15, 0.2) is 11.8 Å². The monoisotopic (exact) mass is 245 g/mol. The molecule has 5 N–H and O–H groups in total. The van der Waals surface area contributed by atoms with Crippen molar-refractivity contribution in [3.63, 3.8) is 0 Å². The van der Waals surface area contributed by atoms with Crippen LogP contribution in [0.3, 0.4) is 0 Å². The van der Waals surface area contributed by atoms with Crippen LogP contribution in [0.25, 0.3) is 0 Å². The molecular weight excluding hydrogens is 233 g/mol. The molecule has 1 heterocycles. The maximum atomic E-state index is 10.9. The Bertz CT molecular complexity index is 321. The van der Waals surface area contributed by atoms with Gasteiger partial charge in [-0.2, -0.15) is 0 Å². The number of aliphatic hydroxyl groups is 4. The van der Waals surface area contributed by atoms with E-state index in [0.717, 1.165) is 6.08 Å². The molecule has 0 aromatic carbocycles. The van der Waals surface area contributed by atoms with Crippen molar-refractivity contribution >= 4 is 13.9 Å². The number of carbonyl (C=O) groups is 1. The molecule has 4 atom stereocenters. The lowest BCUT2D eigenvalue weighted by atomic mass is 10.0. The van der Waals surface area contributed by atoms with Crippen molar-refractivity contribution in [1.82, 2.24) is 4.97 Å². The van der Waals surface area contributed by atoms with Gasteiger partial charge in [-0.05, 0) is 6.08 Å². The number of carbonyl (C=O) groups excluding carboxylic acids is 1. The van der Waals surface area contributed by atoms with Crippen LogP contribution in [-0.2, 0) is 9.53 Å². The number of aliphatic hydroxyl groups excluding tert-OH is 4. The van der Waals surface area contributed by atoms with Crippen molar-refractivity contribution in [3.05, 3.63) is 11.8 Å². The van der Waals surface area contributed by atoms with Gasteiger partial charge >= 0.3 is 0 Å². The molecule has 2 unspecified atom stereocenters. The maximum absolute atomic E-state index is 10.9. The second-order valence-corrected chi connectivity index (χ2v) is 3.48. The zero-order valence-electron chi connectivity index (χ0n) is 8.67. The molecule has 1 saturated heterocycles. The number of amides is 1. The number of hydrogen-bond acceptors (Lipinski definition) is 7. The van der Waals surface area contributed by atoms with Gasteiger partial charge in [-0.3, -0.25) is 9.77 Å². The first-order valence-corrected chi connectivity index (χ1v) is 4.70. The fourth-order valence-corrected chi connectivity index (χ4v) is 1.25. The van der Waals surface area contributed by atoms with Crippen LogP contribution in [0.1, 0.15) is 6.42 Å². The van der Waals surface area contributed by atoms with Crippen molar-refractivity contribution < 1.29 is 35.2 Å². The highest BCUT2D eigenvalue weighted by Gasteiger charge is 2.40. The van der Waals surface area contributed by atoms with Gasteiger partial charge in [0.15, 0.2) is 0 Å². The molecular formula is C8H12BNO7. The van der Waals surface area contributed by atoms with Crippen molar-refractivity contribution in [2.75, 3.05) is 0 Å². The van der Waals surface area contributed by atoms with E-state index in [1.165, 1.54) is 0 Å². The lowest BCUT2D eigenvalue weighted by molar-refractivity contribution is -0.224. The van der Waals surface area contributed by atoms with Crippen LogP contribution in [0, 0.1) is 0 Å². The summed E-state index contributed by atoms with van der Waals surface area (Å²) in [4.78, 5) is 10.8. The Kier molecular flexibility index (Phi) is 4.49. The fourth-order valence-electron chi connectivity index (χ4n) is 1.25. The van der Waals surface area contributed by atoms with Crippen LogP contribution < -0.4 is 0 Å². The van der Waals surface area contributed by atoms with Crippen LogP contribution in [-0.4, -0.2) is 69.1 Å². The van der Waals surface area contributed by atoms with Gasteiger partial charge in [-0.1, -0.05) is 0 Å².